The monoisotopic (exact) mass is 330 g/mol. The van der Waals surface area contributed by atoms with Crippen LogP contribution in [0.5, 0.6) is 0 Å². The maximum atomic E-state index is 12.5. The molecule has 0 N–H and O–H groups in total. The van der Waals surface area contributed by atoms with Gasteiger partial charge in [0.05, 0.1) is 12.2 Å². The SMILES string of the molecule is O=C(OC1=CCCC=C1)C1=CCCCC1C(=O)OC1CC=COC1. The molecule has 0 fully saturated rings. The van der Waals surface area contributed by atoms with E-state index >= 15 is 0 Å². The summed E-state index contributed by atoms with van der Waals surface area (Å²) in [6, 6.07) is 0. The van der Waals surface area contributed by atoms with Crippen LogP contribution in [0, 0.1) is 5.92 Å². The lowest BCUT2D eigenvalue weighted by Gasteiger charge is -2.25. The molecule has 0 saturated carbocycles. The Morgan fingerprint density at radius 1 is 1.12 bits per heavy atom. The summed E-state index contributed by atoms with van der Waals surface area (Å²) >= 11 is 0. The first-order chi connectivity index (χ1) is 11.7. The number of hydrogen-bond donors (Lipinski definition) is 0. The van der Waals surface area contributed by atoms with Crippen molar-refractivity contribution in [2.75, 3.05) is 6.61 Å². The van der Waals surface area contributed by atoms with Gasteiger partial charge < -0.3 is 14.2 Å². The highest BCUT2D eigenvalue weighted by Crippen LogP contribution is 2.29. The summed E-state index contributed by atoms with van der Waals surface area (Å²) < 4.78 is 16.1. The highest BCUT2D eigenvalue weighted by molar-refractivity contribution is 5.96. The van der Waals surface area contributed by atoms with E-state index in [1.54, 1.807) is 12.3 Å². The molecule has 5 nitrogen and oxygen atoms in total. The molecular formula is C19H22O5. The Morgan fingerprint density at radius 3 is 2.79 bits per heavy atom. The van der Waals surface area contributed by atoms with Crippen LogP contribution in [0.3, 0.4) is 0 Å². The molecule has 3 aliphatic rings. The summed E-state index contributed by atoms with van der Waals surface area (Å²) in [4.78, 5) is 25.0. The quantitative estimate of drug-likeness (QED) is 0.740. The fourth-order valence-corrected chi connectivity index (χ4v) is 3.01. The fourth-order valence-electron chi connectivity index (χ4n) is 3.01. The molecule has 128 valence electrons. The van der Waals surface area contributed by atoms with Crippen LogP contribution in [-0.2, 0) is 23.8 Å². The largest absolute Gasteiger partial charge is 0.498 e. The van der Waals surface area contributed by atoms with Crippen molar-refractivity contribution in [3.8, 4) is 0 Å². The number of carbonyl (C=O) groups is 2. The minimum absolute atomic E-state index is 0.286. The summed E-state index contributed by atoms with van der Waals surface area (Å²) in [5.41, 5.74) is 0.415. The van der Waals surface area contributed by atoms with Crippen molar-refractivity contribution in [3.05, 3.63) is 48.0 Å². The molecule has 0 amide bonds. The van der Waals surface area contributed by atoms with Crippen LogP contribution >= 0.6 is 0 Å². The van der Waals surface area contributed by atoms with Crippen LogP contribution in [0.2, 0.25) is 0 Å². The first kappa shape index (κ1) is 16.6. The Morgan fingerprint density at radius 2 is 2.04 bits per heavy atom. The Hall–Kier alpha value is -2.30. The summed E-state index contributed by atoms with van der Waals surface area (Å²) in [6.45, 7) is 0.357. The highest BCUT2D eigenvalue weighted by atomic mass is 16.6. The van der Waals surface area contributed by atoms with Crippen LogP contribution in [-0.4, -0.2) is 24.6 Å². The molecule has 0 aromatic heterocycles. The smallest absolute Gasteiger partial charge is 0.339 e. The van der Waals surface area contributed by atoms with Crippen molar-refractivity contribution in [2.24, 2.45) is 5.92 Å². The summed E-state index contributed by atoms with van der Waals surface area (Å²) in [7, 11) is 0. The second kappa shape index (κ2) is 7.99. The van der Waals surface area contributed by atoms with E-state index in [4.69, 9.17) is 14.2 Å². The molecule has 1 aliphatic heterocycles. The Bertz CT molecular complexity index is 611. The van der Waals surface area contributed by atoms with E-state index in [-0.39, 0.29) is 12.1 Å². The van der Waals surface area contributed by atoms with Crippen molar-refractivity contribution in [1.82, 2.24) is 0 Å². The number of hydrogen-bond acceptors (Lipinski definition) is 5. The lowest BCUT2D eigenvalue weighted by atomic mass is 9.87. The standard InChI is InChI=1S/C19H22O5/c20-18(23-14-7-2-1-3-8-14)16-10-4-5-11-17(16)19(21)24-15-9-6-12-22-13-15/h2,6-8,10,12,15,17H,1,3-5,9,11,13H2. The van der Waals surface area contributed by atoms with Crippen LogP contribution in [0.25, 0.3) is 0 Å². The second-order valence-corrected chi connectivity index (χ2v) is 6.12. The lowest BCUT2D eigenvalue weighted by Crippen LogP contribution is -2.32. The zero-order valence-electron chi connectivity index (χ0n) is 13.6. The first-order valence-electron chi connectivity index (χ1n) is 8.50. The molecule has 2 atom stereocenters. The Balaban J connectivity index is 1.63. The molecule has 2 unspecified atom stereocenters. The van der Waals surface area contributed by atoms with Gasteiger partial charge in [-0.15, -0.1) is 0 Å². The number of esters is 2. The number of allylic oxidation sites excluding steroid dienone is 4. The zero-order valence-corrected chi connectivity index (χ0v) is 13.6. The molecule has 0 aromatic carbocycles. The van der Waals surface area contributed by atoms with E-state index in [9.17, 15) is 9.59 Å². The van der Waals surface area contributed by atoms with Gasteiger partial charge in [-0.3, -0.25) is 4.79 Å². The molecule has 0 saturated heterocycles. The van der Waals surface area contributed by atoms with E-state index in [0.29, 0.717) is 30.8 Å². The minimum atomic E-state index is -0.551. The molecule has 5 heteroatoms. The molecule has 3 rings (SSSR count). The van der Waals surface area contributed by atoms with Gasteiger partial charge in [0.2, 0.25) is 0 Å². The van der Waals surface area contributed by atoms with E-state index in [1.165, 1.54) is 0 Å². The van der Waals surface area contributed by atoms with Crippen molar-refractivity contribution in [2.45, 2.75) is 44.6 Å². The molecule has 24 heavy (non-hydrogen) atoms. The molecule has 0 aromatic rings. The van der Waals surface area contributed by atoms with Crippen molar-refractivity contribution in [1.29, 1.82) is 0 Å². The molecule has 0 bridgehead atoms. The fraction of sp³-hybridized carbons (Fsp3) is 0.474. The van der Waals surface area contributed by atoms with Crippen LogP contribution in [0.1, 0.15) is 38.5 Å². The number of carbonyl (C=O) groups excluding carboxylic acids is 2. The van der Waals surface area contributed by atoms with Gasteiger partial charge in [0.15, 0.2) is 0 Å². The van der Waals surface area contributed by atoms with E-state index < -0.39 is 11.9 Å². The number of ether oxygens (including phenoxy) is 3. The van der Waals surface area contributed by atoms with Gasteiger partial charge in [-0.1, -0.05) is 12.2 Å². The summed E-state index contributed by atoms with van der Waals surface area (Å²) in [5, 5.41) is 0. The third-order valence-corrected chi connectivity index (χ3v) is 4.28. The van der Waals surface area contributed by atoms with Gasteiger partial charge in [0.1, 0.15) is 18.5 Å². The minimum Gasteiger partial charge on any atom is -0.498 e. The number of rotatable bonds is 4. The van der Waals surface area contributed by atoms with Crippen LogP contribution in [0.4, 0.5) is 0 Å². The first-order valence-corrected chi connectivity index (χ1v) is 8.50. The summed E-state index contributed by atoms with van der Waals surface area (Å²) in [5.74, 6) is -0.815. The van der Waals surface area contributed by atoms with Gasteiger partial charge in [-0.2, -0.15) is 0 Å². The van der Waals surface area contributed by atoms with Gasteiger partial charge in [-0.05, 0) is 50.3 Å². The average Bonchev–Trinajstić information content (AvgIpc) is 2.63. The van der Waals surface area contributed by atoms with Gasteiger partial charge in [0, 0.05) is 12.0 Å². The normalized spacial score (nSPS) is 26.0. The summed E-state index contributed by atoms with van der Waals surface area (Å²) in [6.07, 6.45) is 15.3. The predicted octanol–water partition coefficient (Wildman–Crippen LogP) is 3.34. The molecule has 0 spiro atoms. The van der Waals surface area contributed by atoms with E-state index in [0.717, 1.165) is 25.7 Å². The van der Waals surface area contributed by atoms with Gasteiger partial charge in [0.25, 0.3) is 0 Å². The maximum Gasteiger partial charge on any atom is 0.339 e. The lowest BCUT2D eigenvalue weighted by molar-refractivity contribution is -0.157. The Labute approximate surface area is 141 Å². The van der Waals surface area contributed by atoms with Gasteiger partial charge >= 0.3 is 11.9 Å². The predicted molar refractivity (Wildman–Crippen MR) is 87.6 cm³/mol. The van der Waals surface area contributed by atoms with Crippen molar-refractivity contribution < 1.29 is 23.8 Å². The van der Waals surface area contributed by atoms with Crippen LogP contribution < -0.4 is 0 Å². The molecule has 0 radical (unpaired) electrons. The van der Waals surface area contributed by atoms with Crippen molar-refractivity contribution in [3.63, 3.8) is 0 Å². The van der Waals surface area contributed by atoms with E-state index in [1.807, 2.05) is 24.3 Å². The molecule has 1 heterocycles. The third kappa shape index (κ3) is 4.16. The topological polar surface area (TPSA) is 61.8 Å². The maximum absolute atomic E-state index is 12.5. The third-order valence-electron chi connectivity index (χ3n) is 4.28. The van der Waals surface area contributed by atoms with Crippen molar-refractivity contribution >= 4 is 11.9 Å². The molecule has 2 aliphatic carbocycles. The Kier molecular flexibility index (Phi) is 5.51. The second-order valence-electron chi connectivity index (χ2n) is 6.12. The van der Waals surface area contributed by atoms with E-state index in [2.05, 4.69) is 0 Å². The van der Waals surface area contributed by atoms with Gasteiger partial charge in [-0.25, -0.2) is 4.79 Å². The molecular weight excluding hydrogens is 308 g/mol. The average molecular weight is 330 g/mol. The van der Waals surface area contributed by atoms with Crippen LogP contribution in [0.15, 0.2) is 48.0 Å². The zero-order chi connectivity index (χ0) is 16.8. The highest BCUT2D eigenvalue weighted by Gasteiger charge is 2.33.